The van der Waals surface area contributed by atoms with E-state index in [1.165, 1.54) is 77.0 Å². The van der Waals surface area contributed by atoms with Crippen LogP contribution in [-0.2, 0) is 0 Å². The van der Waals surface area contributed by atoms with Crippen LogP contribution in [-0.4, -0.2) is 0 Å². The quantitative estimate of drug-likeness (QED) is 0.320. The second kappa shape index (κ2) is 14.1. The zero-order chi connectivity index (χ0) is 12.8. The molecule has 0 aromatic rings. The Balaban J connectivity index is 3.34. The minimum atomic E-state index is 0.998. The summed E-state index contributed by atoms with van der Waals surface area (Å²) in [6.45, 7) is 8.57. The van der Waals surface area contributed by atoms with Gasteiger partial charge in [-0.25, -0.2) is 0 Å². The molecule has 0 bridgehead atoms. The third-order valence-corrected chi connectivity index (χ3v) is 3.78. The first-order valence-corrected chi connectivity index (χ1v) is 8.14. The van der Waals surface area contributed by atoms with Gasteiger partial charge in [-0.1, -0.05) is 104 Å². The average Bonchev–Trinajstić information content (AvgIpc) is 2.34. The lowest BCUT2D eigenvalue weighted by Crippen LogP contribution is -2.00. The molecule has 1 atom stereocenters. The molecule has 0 fully saturated rings. The van der Waals surface area contributed by atoms with Crippen molar-refractivity contribution in [3.63, 3.8) is 0 Å². The summed E-state index contributed by atoms with van der Waals surface area (Å²) in [5, 5.41) is 0. The van der Waals surface area contributed by atoms with E-state index in [9.17, 15) is 0 Å². The minimum absolute atomic E-state index is 0.998. The molecule has 0 heteroatoms. The Morgan fingerprint density at radius 1 is 0.647 bits per heavy atom. The van der Waals surface area contributed by atoms with Crippen molar-refractivity contribution in [1.29, 1.82) is 0 Å². The van der Waals surface area contributed by atoms with Gasteiger partial charge in [0.05, 0.1) is 0 Å². The van der Waals surface area contributed by atoms with Gasteiger partial charge in [-0.2, -0.15) is 0 Å². The Morgan fingerprint density at radius 2 is 1.24 bits per heavy atom. The highest BCUT2D eigenvalue weighted by Gasteiger charge is 2.06. The maximum absolute atomic E-state index is 3.96. The Morgan fingerprint density at radius 3 is 1.82 bits per heavy atom. The second-order valence-electron chi connectivity index (χ2n) is 5.56. The fourth-order valence-electron chi connectivity index (χ4n) is 2.66. The van der Waals surface area contributed by atoms with Crippen LogP contribution < -0.4 is 0 Å². The molecule has 0 aromatic carbocycles. The van der Waals surface area contributed by atoms with Gasteiger partial charge >= 0.3 is 0 Å². The van der Waals surface area contributed by atoms with Gasteiger partial charge in [-0.05, 0) is 5.92 Å². The maximum atomic E-state index is 3.96. The maximum Gasteiger partial charge on any atom is -0.0414 e. The predicted molar refractivity (Wildman–Crippen MR) is 80.2 cm³/mol. The molecule has 0 heterocycles. The van der Waals surface area contributed by atoms with Crippen molar-refractivity contribution >= 4 is 0 Å². The lowest BCUT2D eigenvalue weighted by atomic mass is 9.91. The molecule has 1 radical (unpaired) electrons. The van der Waals surface area contributed by atoms with Crippen LogP contribution in [0, 0.1) is 12.8 Å². The molecule has 0 aliphatic rings. The highest BCUT2D eigenvalue weighted by Crippen LogP contribution is 2.22. The lowest BCUT2D eigenvalue weighted by molar-refractivity contribution is 0.385. The summed E-state index contributed by atoms with van der Waals surface area (Å²) < 4.78 is 0. The van der Waals surface area contributed by atoms with Crippen LogP contribution >= 0.6 is 0 Å². The van der Waals surface area contributed by atoms with Gasteiger partial charge in [0.1, 0.15) is 0 Å². The minimum Gasteiger partial charge on any atom is -0.0654 e. The molecule has 0 aromatic heterocycles. The fourth-order valence-corrected chi connectivity index (χ4v) is 2.66. The third-order valence-electron chi connectivity index (χ3n) is 3.78. The zero-order valence-corrected chi connectivity index (χ0v) is 12.5. The van der Waals surface area contributed by atoms with Gasteiger partial charge in [0.2, 0.25) is 0 Å². The predicted octanol–water partition coefficient (Wildman–Crippen LogP) is 6.55. The van der Waals surface area contributed by atoms with E-state index in [0.29, 0.717) is 0 Å². The van der Waals surface area contributed by atoms with Crippen molar-refractivity contribution in [2.24, 2.45) is 5.92 Å². The first kappa shape index (κ1) is 17.0. The molecule has 0 aliphatic heterocycles. The Hall–Kier alpha value is 0. The SMILES string of the molecule is [CH2]CCCC(CCC)CCCCCCCCC. The van der Waals surface area contributed by atoms with E-state index in [1.807, 2.05) is 0 Å². The van der Waals surface area contributed by atoms with Gasteiger partial charge < -0.3 is 0 Å². The molecule has 0 spiro atoms. The topological polar surface area (TPSA) is 0 Å². The van der Waals surface area contributed by atoms with E-state index < -0.39 is 0 Å². The monoisotopic (exact) mass is 239 g/mol. The van der Waals surface area contributed by atoms with Gasteiger partial charge in [0.25, 0.3) is 0 Å². The highest BCUT2D eigenvalue weighted by atomic mass is 14.1. The summed E-state index contributed by atoms with van der Waals surface area (Å²) in [6.07, 6.45) is 18.3. The molecule has 0 nitrogen and oxygen atoms in total. The van der Waals surface area contributed by atoms with Crippen molar-refractivity contribution in [2.45, 2.75) is 97.3 Å². The van der Waals surface area contributed by atoms with Crippen LogP contribution in [0.4, 0.5) is 0 Å². The van der Waals surface area contributed by atoms with E-state index in [0.717, 1.165) is 12.3 Å². The summed E-state index contributed by atoms with van der Waals surface area (Å²) in [7, 11) is 0. The molecule has 0 saturated heterocycles. The third kappa shape index (κ3) is 12.2. The van der Waals surface area contributed by atoms with E-state index in [2.05, 4.69) is 20.8 Å². The molecule has 0 N–H and O–H groups in total. The van der Waals surface area contributed by atoms with Crippen molar-refractivity contribution in [2.75, 3.05) is 0 Å². The van der Waals surface area contributed by atoms with Crippen molar-refractivity contribution in [1.82, 2.24) is 0 Å². The summed E-state index contributed by atoms with van der Waals surface area (Å²) in [6, 6.07) is 0. The molecule has 0 aliphatic carbocycles. The van der Waals surface area contributed by atoms with Crippen LogP contribution in [0.15, 0.2) is 0 Å². The zero-order valence-electron chi connectivity index (χ0n) is 12.5. The number of hydrogen-bond donors (Lipinski definition) is 0. The van der Waals surface area contributed by atoms with Crippen LogP contribution in [0.25, 0.3) is 0 Å². The second-order valence-corrected chi connectivity index (χ2v) is 5.56. The van der Waals surface area contributed by atoms with Crippen LogP contribution in [0.2, 0.25) is 0 Å². The number of unbranched alkanes of at least 4 members (excludes halogenated alkanes) is 7. The van der Waals surface area contributed by atoms with Crippen LogP contribution in [0.3, 0.4) is 0 Å². The standard InChI is InChI=1S/C17H35/c1-4-7-9-10-11-12-13-16-17(14-6-3)15-8-5-2/h17H,2,4-16H2,1,3H3. The number of rotatable bonds is 13. The highest BCUT2D eigenvalue weighted by molar-refractivity contribution is 4.60. The first-order valence-electron chi connectivity index (χ1n) is 8.14. The van der Waals surface area contributed by atoms with E-state index in [-0.39, 0.29) is 0 Å². The summed E-state index contributed by atoms with van der Waals surface area (Å²) >= 11 is 0. The molecular weight excluding hydrogens is 204 g/mol. The van der Waals surface area contributed by atoms with Gasteiger partial charge in [-0.15, -0.1) is 0 Å². The largest absolute Gasteiger partial charge is 0.0654 e. The van der Waals surface area contributed by atoms with Crippen molar-refractivity contribution in [3.05, 3.63) is 6.92 Å². The Bertz CT molecular complexity index is 128. The summed E-state index contributed by atoms with van der Waals surface area (Å²) in [4.78, 5) is 0. The summed E-state index contributed by atoms with van der Waals surface area (Å²) in [5.74, 6) is 0.998. The van der Waals surface area contributed by atoms with Crippen LogP contribution in [0.1, 0.15) is 97.3 Å². The average molecular weight is 239 g/mol. The van der Waals surface area contributed by atoms with Gasteiger partial charge in [0.15, 0.2) is 0 Å². The molecule has 17 heavy (non-hydrogen) atoms. The van der Waals surface area contributed by atoms with Crippen molar-refractivity contribution in [3.8, 4) is 0 Å². The summed E-state index contributed by atoms with van der Waals surface area (Å²) in [5.41, 5.74) is 0. The van der Waals surface area contributed by atoms with Gasteiger partial charge in [0, 0.05) is 0 Å². The van der Waals surface area contributed by atoms with Gasteiger partial charge in [-0.3, -0.25) is 0 Å². The molecule has 103 valence electrons. The first-order chi connectivity index (χ1) is 8.35. The molecule has 0 amide bonds. The normalized spacial score (nSPS) is 12.9. The van der Waals surface area contributed by atoms with Crippen LogP contribution in [0.5, 0.6) is 0 Å². The molecule has 0 saturated carbocycles. The smallest absolute Gasteiger partial charge is 0.0414 e. The Kier molecular flexibility index (Phi) is 14.1. The fraction of sp³-hybridized carbons (Fsp3) is 0.941. The molecule has 0 rings (SSSR count). The van der Waals surface area contributed by atoms with E-state index in [1.54, 1.807) is 0 Å². The van der Waals surface area contributed by atoms with E-state index >= 15 is 0 Å². The van der Waals surface area contributed by atoms with Crippen molar-refractivity contribution < 1.29 is 0 Å². The molecule has 1 unspecified atom stereocenters. The van der Waals surface area contributed by atoms with E-state index in [4.69, 9.17) is 0 Å². The Labute approximate surface area is 111 Å². The lowest BCUT2D eigenvalue weighted by Gasteiger charge is -2.15. The number of hydrogen-bond acceptors (Lipinski definition) is 0. The molecular formula is C17H35.